The highest BCUT2D eigenvalue weighted by molar-refractivity contribution is 8.00. The highest BCUT2D eigenvalue weighted by Crippen LogP contribution is 2.25. The Morgan fingerprint density at radius 3 is 2.75 bits per heavy atom. The van der Waals surface area contributed by atoms with Crippen LogP contribution in [-0.2, 0) is 4.79 Å². The van der Waals surface area contributed by atoms with Crippen LogP contribution in [0.2, 0.25) is 0 Å². The molecule has 0 aliphatic rings. The van der Waals surface area contributed by atoms with Crippen LogP contribution in [-0.4, -0.2) is 26.0 Å². The number of furan rings is 1. The van der Waals surface area contributed by atoms with Crippen molar-refractivity contribution in [2.75, 3.05) is 11.2 Å². The van der Waals surface area contributed by atoms with E-state index in [2.05, 4.69) is 15.5 Å². The van der Waals surface area contributed by atoms with Crippen LogP contribution >= 0.6 is 11.8 Å². The van der Waals surface area contributed by atoms with Crippen LogP contribution in [0.15, 0.2) is 52.2 Å². The number of halogens is 1. The lowest BCUT2D eigenvalue weighted by Gasteiger charge is -2.11. The summed E-state index contributed by atoms with van der Waals surface area (Å²) in [7, 11) is 0. The van der Waals surface area contributed by atoms with E-state index in [4.69, 9.17) is 10.3 Å². The van der Waals surface area contributed by atoms with E-state index in [1.165, 1.54) is 35.2 Å². The summed E-state index contributed by atoms with van der Waals surface area (Å²) in [6.45, 7) is 1.71. The molecule has 0 saturated carbocycles. The molecule has 1 aromatic carbocycles. The fourth-order valence-corrected chi connectivity index (χ4v) is 2.69. The van der Waals surface area contributed by atoms with E-state index in [1.54, 1.807) is 19.1 Å². The maximum atomic E-state index is 12.9. The van der Waals surface area contributed by atoms with Gasteiger partial charge in [0.1, 0.15) is 5.82 Å². The van der Waals surface area contributed by atoms with E-state index in [1.807, 2.05) is 0 Å². The first-order chi connectivity index (χ1) is 11.5. The molecule has 3 aromatic rings. The Balaban J connectivity index is 1.67. The topological polar surface area (TPSA) is 99.0 Å². The summed E-state index contributed by atoms with van der Waals surface area (Å²) in [6, 6.07) is 8.97. The number of anilines is 1. The van der Waals surface area contributed by atoms with E-state index in [0.717, 1.165) is 11.8 Å². The Kier molecular flexibility index (Phi) is 4.52. The molecule has 0 unspecified atom stereocenters. The normalized spacial score (nSPS) is 12.1. The minimum atomic E-state index is -0.481. The summed E-state index contributed by atoms with van der Waals surface area (Å²) in [5.41, 5.74) is 0.513. The Labute approximate surface area is 141 Å². The van der Waals surface area contributed by atoms with Crippen LogP contribution in [0.4, 0.5) is 10.1 Å². The highest BCUT2D eigenvalue weighted by atomic mass is 32.2. The molecule has 0 radical (unpaired) electrons. The van der Waals surface area contributed by atoms with E-state index in [-0.39, 0.29) is 11.7 Å². The Hall–Kier alpha value is -2.81. The minimum Gasteiger partial charge on any atom is -0.461 e. The summed E-state index contributed by atoms with van der Waals surface area (Å²) in [6.07, 6.45) is 1.51. The van der Waals surface area contributed by atoms with Crippen LogP contribution in [0.3, 0.4) is 0 Å². The van der Waals surface area contributed by atoms with Crippen molar-refractivity contribution in [1.29, 1.82) is 0 Å². The zero-order valence-corrected chi connectivity index (χ0v) is 13.5. The number of carbonyl (C=O) groups excluding carboxylic acids is 1. The van der Waals surface area contributed by atoms with Crippen LogP contribution < -0.4 is 11.2 Å². The van der Waals surface area contributed by atoms with Crippen molar-refractivity contribution < 1.29 is 13.6 Å². The van der Waals surface area contributed by atoms with Crippen LogP contribution in [0.5, 0.6) is 0 Å². The molecule has 0 spiro atoms. The third-order valence-electron chi connectivity index (χ3n) is 3.17. The number of hydrogen-bond donors (Lipinski definition) is 2. The monoisotopic (exact) mass is 347 g/mol. The van der Waals surface area contributed by atoms with Gasteiger partial charge in [0.25, 0.3) is 0 Å². The molecule has 7 nitrogen and oxygen atoms in total. The van der Waals surface area contributed by atoms with Crippen molar-refractivity contribution in [2.24, 2.45) is 0 Å². The predicted molar refractivity (Wildman–Crippen MR) is 88.2 cm³/mol. The molecule has 0 aliphatic carbocycles. The number of benzene rings is 1. The van der Waals surface area contributed by atoms with Gasteiger partial charge in [-0.05, 0) is 43.3 Å². The summed E-state index contributed by atoms with van der Waals surface area (Å²) >= 11 is 1.16. The Morgan fingerprint density at radius 2 is 2.08 bits per heavy atom. The largest absolute Gasteiger partial charge is 0.461 e. The first kappa shape index (κ1) is 16.1. The van der Waals surface area contributed by atoms with E-state index in [0.29, 0.717) is 22.4 Å². The molecule has 1 atom stereocenters. The highest BCUT2D eigenvalue weighted by Gasteiger charge is 2.20. The maximum Gasteiger partial charge on any atom is 0.237 e. The Bertz CT molecular complexity index is 832. The standard InChI is InChI=1S/C15H14FN5O2S/c1-9(14(22)18-11-6-4-10(16)5-7-11)24-15-20-19-13(21(15)17)12-3-2-8-23-12/h2-9H,17H2,1H3,(H,18,22)/t9-/m0/s1. The summed E-state index contributed by atoms with van der Waals surface area (Å²) < 4.78 is 19.4. The van der Waals surface area contributed by atoms with Crippen LogP contribution in [0.25, 0.3) is 11.6 Å². The zero-order chi connectivity index (χ0) is 17.1. The third kappa shape index (κ3) is 3.40. The molecular weight excluding hydrogens is 333 g/mol. The van der Waals surface area contributed by atoms with Gasteiger partial charge >= 0.3 is 0 Å². The van der Waals surface area contributed by atoms with Crippen LogP contribution in [0, 0.1) is 5.82 Å². The molecule has 9 heteroatoms. The van der Waals surface area contributed by atoms with Crippen molar-refractivity contribution in [2.45, 2.75) is 17.3 Å². The second kappa shape index (κ2) is 6.75. The molecule has 124 valence electrons. The Morgan fingerprint density at radius 1 is 1.33 bits per heavy atom. The van der Waals surface area contributed by atoms with Gasteiger partial charge in [0.05, 0.1) is 11.5 Å². The lowest BCUT2D eigenvalue weighted by molar-refractivity contribution is -0.115. The number of nitrogens with one attached hydrogen (secondary N) is 1. The maximum absolute atomic E-state index is 12.9. The van der Waals surface area contributed by atoms with Gasteiger partial charge in [-0.15, -0.1) is 10.2 Å². The van der Waals surface area contributed by atoms with Gasteiger partial charge in [-0.2, -0.15) is 0 Å². The molecule has 2 aromatic heterocycles. The van der Waals surface area contributed by atoms with Crippen molar-refractivity contribution in [1.82, 2.24) is 14.9 Å². The smallest absolute Gasteiger partial charge is 0.237 e. The molecule has 0 saturated heterocycles. The summed E-state index contributed by atoms with van der Waals surface area (Å²) in [4.78, 5) is 12.2. The van der Waals surface area contributed by atoms with E-state index < -0.39 is 5.25 Å². The zero-order valence-electron chi connectivity index (χ0n) is 12.6. The number of nitrogens with zero attached hydrogens (tertiary/aromatic N) is 3. The van der Waals surface area contributed by atoms with Crippen LogP contribution in [0.1, 0.15) is 6.92 Å². The van der Waals surface area contributed by atoms with Gasteiger partial charge in [0.15, 0.2) is 5.76 Å². The third-order valence-corrected chi connectivity index (χ3v) is 4.23. The minimum absolute atomic E-state index is 0.255. The average Bonchev–Trinajstić information content (AvgIpc) is 3.20. The number of aromatic nitrogens is 3. The molecule has 0 aliphatic heterocycles. The first-order valence-corrected chi connectivity index (χ1v) is 7.90. The number of rotatable bonds is 5. The van der Waals surface area contributed by atoms with E-state index in [9.17, 15) is 9.18 Å². The fraction of sp³-hybridized carbons (Fsp3) is 0.133. The number of amides is 1. The SMILES string of the molecule is C[C@H](Sc1nnc(-c2ccco2)n1N)C(=O)Nc1ccc(F)cc1. The quantitative estimate of drug-likeness (QED) is 0.543. The van der Waals surface area contributed by atoms with Gasteiger partial charge in [0, 0.05) is 5.69 Å². The fourth-order valence-electron chi connectivity index (χ4n) is 1.92. The van der Waals surface area contributed by atoms with Crippen molar-refractivity contribution in [3.05, 3.63) is 48.5 Å². The molecular formula is C15H14FN5O2S. The number of hydrogen-bond acceptors (Lipinski definition) is 6. The van der Waals surface area contributed by atoms with Crippen molar-refractivity contribution in [3.63, 3.8) is 0 Å². The average molecular weight is 347 g/mol. The second-order valence-corrected chi connectivity index (χ2v) is 6.22. The van der Waals surface area contributed by atoms with Gasteiger partial charge in [-0.25, -0.2) is 9.07 Å². The number of thioether (sulfide) groups is 1. The van der Waals surface area contributed by atoms with Gasteiger partial charge in [-0.1, -0.05) is 11.8 Å². The second-order valence-electron chi connectivity index (χ2n) is 4.91. The van der Waals surface area contributed by atoms with Gasteiger partial charge in [0.2, 0.25) is 16.9 Å². The molecule has 2 heterocycles. The van der Waals surface area contributed by atoms with Crippen molar-refractivity contribution in [3.8, 4) is 11.6 Å². The van der Waals surface area contributed by atoms with Gasteiger partial charge in [-0.3, -0.25) is 4.79 Å². The number of nitrogens with two attached hydrogens (primary N) is 1. The lowest BCUT2D eigenvalue weighted by atomic mass is 10.3. The molecule has 0 fully saturated rings. The number of nitrogen functional groups attached to an aromatic ring is 1. The summed E-state index contributed by atoms with van der Waals surface area (Å²) in [5.74, 6) is 6.19. The molecule has 3 rings (SSSR count). The molecule has 1 amide bonds. The predicted octanol–water partition coefficient (Wildman–Crippen LogP) is 2.51. The summed E-state index contributed by atoms with van der Waals surface area (Å²) in [5, 5.41) is 10.5. The van der Waals surface area contributed by atoms with Crippen molar-refractivity contribution >= 4 is 23.4 Å². The lowest BCUT2D eigenvalue weighted by Crippen LogP contribution is -2.23. The van der Waals surface area contributed by atoms with E-state index >= 15 is 0 Å². The number of carbonyl (C=O) groups is 1. The first-order valence-electron chi connectivity index (χ1n) is 7.02. The van der Waals surface area contributed by atoms with Gasteiger partial charge < -0.3 is 15.6 Å². The molecule has 0 bridgehead atoms. The molecule has 24 heavy (non-hydrogen) atoms. The molecule has 3 N–H and O–H groups in total.